The van der Waals surface area contributed by atoms with Gasteiger partial charge < -0.3 is 9.72 Å². The van der Waals surface area contributed by atoms with Crippen molar-refractivity contribution >= 4 is 10.9 Å². The zero-order valence-electron chi connectivity index (χ0n) is 10.2. The third-order valence-electron chi connectivity index (χ3n) is 3.33. The van der Waals surface area contributed by atoms with Crippen LogP contribution in [0.2, 0.25) is 0 Å². The molecule has 0 amide bonds. The summed E-state index contributed by atoms with van der Waals surface area (Å²) in [5.74, 6) is 0. The highest BCUT2D eigenvalue weighted by Crippen LogP contribution is 2.11. The van der Waals surface area contributed by atoms with Gasteiger partial charge in [-0.25, -0.2) is 0 Å². The maximum atomic E-state index is 12.0. The molecular weight excluding hydrogens is 228 g/mol. The van der Waals surface area contributed by atoms with Crippen LogP contribution in [0.4, 0.5) is 0 Å². The van der Waals surface area contributed by atoms with Gasteiger partial charge in [-0.15, -0.1) is 0 Å². The van der Waals surface area contributed by atoms with Gasteiger partial charge in [-0.2, -0.15) is 0 Å². The molecule has 18 heavy (non-hydrogen) atoms. The first-order chi connectivity index (χ1) is 8.83. The predicted molar refractivity (Wildman–Crippen MR) is 70.7 cm³/mol. The number of morpholine rings is 1. The minimum Gasteiger partial charge on any atom is -0.379 e. The molecule has 1 aliphatic heterocycles. The second-order valence-electron chi connectivity index (χ2n) is 4.60. The van der Waals surface area contributed by atoms with Crippen LogP contribution in [0.25, 0.3) is 10.9 Å². The Bertz CT molecular complexity index is 600. The Morgan fingerprint density at radius 2 is 2.00 bits per heavy atom. The third-order valence-corrected chi connectivity index (χ3v) is 3.33. The van der Waals surface area contributed by atoms with Gasteiger partial charge >= 0.3 is 0 Å². The van der Waals surface area contributed by atoms with Crippen molar-refractivity contribution in [3.63, 3.8) is 0 Å². The number of aromatic amines is 1. The normalized spacial score (nSPS) is 17.1. The molecule has 0 bridgehead atoms. The van der Waals surface area contributed by atoms with Crippen molar-refractivity contribution in [3.05, 3.63) is 46.2 Å². The van der Waals surface area contributed by atoms with E-state index in [0.29, 0.717) is 6.54 Å². The SMILES string of the molecule is O=c1[nH]c2ccccc2cc1CN1CCOCC1. The van der Waals surface area contributed by atoms with Crippen molar-refractivity contribution in [1.29, 1.82) is 0 Å². The first-order valence-electron chi connectivity index (χ1n) is 6.24. The summed E-state index contributed by atoms with van der Waals surface area (Å²) >= 11 is 0. The van der Waals surface area contributed by atoms with Crippen LogP contribution < -0.4 is 5.56 Å². The monoisotopic (exact) mass is 244 g/mol. The van der Waals surface area contributed by atoms with Gasteiger partial charge in [0.2, 0.25) is 0 Å². The summed E-state index contributed by atoms with van der Waals surface area (Å²) in [4.78, 5) is 17.2. The van der Waals surface area contributed by atoms with Crippen molar-refractivity contribution in [1.82, 2.24) is 9.88 Å². The van der Waals surface area contributed by atoms with Crippen LogP contribution in [-0.2, 0) is 11.3 Å². The van der Waals surface area contributed by atoms with Gasteiger partial charge in [0, 0.05) is 30.7 Å². The van der Waals surface area contributed by atoms with E-state index < -0.39 is 0 Å². The number of rotatable bonds is 2. The van der Waals surface area contributed by atoms with Gasteiger partial charge in [0.1, 0.15) is 0 Å². The molecule has 0 aliphatic carbocycles. The van der Waals surface area contributed by atoms with Crippen LogP contribution in [-0.4, -0.2) is 36.2 Å². The Labute approximate surface area is 105 Å². The van der Waals surface area contributed by atoms with Crippen molar-refractivity contribution in [3.8, 4) is 0 Å². The highest BCUT2D eigenvalue weighted by Gasteiger charge is 2.12. The first-order valence-corrected chi connectivity index (χ1v) is 6.24. The average molecular weight is 244 g/mol. The molecule has 0 unspecified atom stereocenters. The van der Waals surface area contributed by atoms with Crippen LogP contribution in [0.15, 0.2) is 35.1 Å². The lowest BCUT2D eigenvalue weighted by Gasteiger charge is -2.26. The Morgan fingerprint density at radius 1 is 1.22 bits per heavy atom. The molecule has 4 nitrogen and oxygen atoms in total. The van der Waals surface area contributed by atoms with Gasteiger partial charge in [-0.3, -0.25) is 9.69 Å². The number of para-hydroxylation sites is 1. The minimum atomic E-state index is 0.0141. The van der Waals surface area contributed by atoms with E-state index in [1.54, 1.807) is 0 Å². The van der Waals surface area contributed by atoms with Gasteiger partial charge in [0.25, 0.3) is 5.56 Å². The first kappa shape index (κ1) is 11.4. The lowest BCUT2D eigenvalue weighted by atomic mass is 10.1. The lowest BCUT2D eigenvalue weighted by Crippen LogP contribution is -2.37. The number of ether oxygens (including phenoxy) is 1. The largest absolute Gasteiger partial charge is 0.379 e. The van der Waals surface area contributed by atoms with E-state index in [2.05, 4.69) is 9.88 Å². The minimum absolute atomic E-state index is 0.0141. The zero-order chi connectivity index (χ0) is 12.4. The standard InChI is InChI=1S/C14H16N2O2/c17-14-12(10-16-5-7-18-8-6-16)9-11-3-1-2-4-13(11)15-14/h1-4,9H,5-8,10H2,(H,15,17). The van der Waals surface area contributed by atoms with Crippen molar-refractivity contribution in [2.24, 2.45) is 0 Å². The molecule has 2 aromatic rings. The predicted octanol–water partition coefficient (Wildman–Crippen LogP) is 1.36. The maximum absolute atomic E-state index is 12.0. The fourth-order valence-corrected chi connectivity index (χ4v) is 2.31. The van der Waals surface area contributed by atoms with Crippen LogP contribution >= 0.6 is 0 Å². The van der Waals surface area contributed by atoms with E-state index >= 15 is 0 Å². The number of nitrogens with one attached hydrogen (secondary N) is 1. The lowest BCUT2D eigenvalue weighted by molar-refractivity contribution is 0.0340. The number of hydrogen-bond donors (Lipinski definition) is 1. The highest BCUT2D eigenvalue weighted by molar-refractivity contribution is 5.78. The summed E-state index contributed by atoms with van der Waals surface area (Å²) in [5, 5.41) is 1.08. The van der Waals surface area contributed by atoms with Crippen molar-refractivity contribution in [2.45, 2.75) is 6.54 Å². The van der Waals surface area contributed by atoms with Crippen molar-refractivity contribution < 1.29 is 4.74 Å². The summed E-state index contributed by atoms with van der Waals surface area (Å²) in [6, 6.07) is 9.85. The molecule has 1 aromatic carbocycles. The summed E-state index contributed by atoms with van der Waals surface area (Å²) in [6.07, 6.45) is 0. The molecule has 1 N–H and O–H groups in total. The van der Waals surface area contributed by atoms with Gasteiger partial charge in [0.05, 0.1) is 13.2 Å². The number of nitrogens with zero attached hydrogens (tertiary/aromatic N) is 1. The topological polar surface area (TPSA) is 45.3 Å². The molecule has 1 saturated heterocycles. The number of pyridine rings is 1. The van der Waals surface area contributed by atoms with Crippen LogP contribution in [0.1, 0.15) is 5.56 Å². The van der Waals surface area contributed by atoms with Gasteiger partial charge in [0.15, 0.2) is 0 Å². The van der Waals surface area contributed by atoms with Crippen LogP contribution in [0.3, 0.4) is 0 Å². The summed E-state index contributed by atoms with van der Waals surface area (Å²) in [6.45, 7) is 4.00. The Hall–Kier alpha value is -1.65. The highest BCUT2D eigenvalue weighted by atomic mass is 16.5. The maximum Gasteiger partial charge on any atom is 0.252 e. The van der Waals surface area contributed by atoms with Gasteiger partial charge in [-0.1, -0.05) is 18.2 Å². The molecule has 3 rings (SSSR count). The molecule has 0 saturated carbocycles. The van der Waals surface area contributed by atoms with E-state index in [4.69, 9.17) is 4.74 Å². The summed E-state index contributed by atoms with van der Waals surface area (Å²) < 4.78 is 5.31. The summed E-state index contributed by atoms with van der Waals surface area (Å²) in [7, 11) is 0. The molecule has 0 atom stereocenters. The van der Waals surface area contributed by atoms with E-state index in [-0.39, 0.29) is 5.56 Å². The van der Waals surface area contributed by atoms with E-state index in [0.717, 1.165) is 42.8 Å². The second-order valence-corrected chi connectivity index (χ2v) is 4.60. The molecule has 0 radical (unpaired) electrons. The van der Waals surface area contributed by atoms with Crippen LogP contribution in [0, 0.1) is 0 Å². The summed E-state index contributed by atoms with van der Waals surface area (Å²) in [5.41, 5.74) is 1.74. The molecule has 4 heteroatoms. The molecule has 1 fully saturated rings. The Balaban J connectivity index is 1.91. The number of H-pyrrole nitrogens is 1. The quantitative estimate of drug-likeness (QED) is 0.867. The smallest absolute Gasteiger partial charge is 0.252 e. The number of hydrogen-bond acceptors (Lipinski definition) is 3. The molecule has 0 spiro atoms. The number of benzene rings is 1. The fourth-order valence-electron chi connectivity index (χ4n) is 2.31. The number of fused-ring (bicyclic) bond motifs is 1. The molecule has 1 aromatic heterocycles. The van der Waals surface area contributed by atoms with Crippen LogP contribution in [0.5, 0.6) is 0 Å². The van der Waals surface area contributed by atoms with E-state index in [9.17, 15) is 4.79 Å². The number of aromatic nitrogens is 1. The van der Waals surface area contributed by atoms with Crippen molar-refractivity contribution in [2.75, 3.05) is 26.3 Å². The second kappa shape index (κ2) is 4.92. The zero-order valence-corrected chi connectivity index (χ0v) is 10.2. The molecule has 1 aliphatic rings. The molecule has 2 heterocycles. The molecule has 94 valence electrons. The Kier molecular flexibility index (Phi) is 3.13. The van der Waals surface area contributed by atoms with E-state index in [1.165, 1.54) is 0 Å². The van der Waals surface area contributed by atoms with E-state index in [1.807, 2.05) is 30.3 Å². The fraction of sp³-hybridized carbons (Fsp3) is 0.357. The molecular formula is C14H16N2O2. The average Bonchev–Trinajstić information content (AvgIpc) is 2.41. The van der Waals surface area contributed by atoms with Gasteiger partial charge in [-0.05, 0) is 17.5 Å². The third kappa shape index (κ3) is 2.30. The Morgan fingerprint density at radius 3 is 2.83 bits per heavy atom.